The van der Waals surface area contributed by atoms with E-state index in [9.17, 15) is 14.4 Å². The van der Waals surface area contributed by atoms with Crippen LogP contribution < -0.4 is 5.32 Å². The third kappa shape index (κ3) is 5.99. The minimum Gasteiger partial charge on any atom is -0.466 e. The van der Waals surface area contributed by atoms with Crippen LogP contribution in [-0.2, 0) is 23.9 Å². The lowest BCUT2D eigenvalue weighted by atomic mass is 10.0. The van der Waals surface area contributed by atoms with Crippen LogP contribution in [0.5, 0.6) is 0 Å². The average molecular weight is 279 g/mol. The zero-order valence-electron chi connectivity index (χ0n) is 11.3. The van der Waals surface area contributed by atoms with Gasteiger partial charge in [0.2, 0.25) is 5.91 Å². The fourth-order valence-electron chi connectivity index (χ4n) is 1.65. The van der Waals surface area contributed by atoms with E-state index in [4.69, 9.17) is 4.74 Å². The molecule has 0 aliphatic carbocycles. The minimum absolute atomic E-state index is 0.172. The molecule has 1 rings (SSSR count). The SMILES string of the molecule is C=C1CC(CCCOC(=O)/C=C/C(=O)OC)=CC(=O)N1. The molecule has 0 aromatic heterocycles. The van der Waals surface area contributed by atoms with E-state index in [1.165, 1.54) is 13.2 Å². The summed E-state index contributed by atoms with van der Waals surface area (Å²) in [6.45, 7) is 3.93. The number of carbonyl (C=O) groups excluding carboxylic acids is 3. The highest BCUT2D eigenvalue weighted by atomic mass is 16.5. The molecule has 6 heteroatoms. The molecular formula is C14H17NO5. The maximum atomic E-state index is 11.2. The van der Waals surface area contributed by atoms with Crippen molar-refractivity contribution >= 4 is 17.8 Å². The standard InChI is InChI=1S/C14H17NO5/c1-10-8-11(9-12(16)15-10)4-3-7-20-14(18)6-5-13(17)19-2/h5-6,9H,1,3-4,7-8H2,2H3,(H,15,16)/b6-5+. The first-order valence-corrected chi connectivity index (χ1v) is 6.12. The van der Waals surface area contributed by atoms with E-state index in [0.29, 0.717) is 25.0 Å². The van der Waals surface area contributed by atoms with Gasteiger partial charge in [-0.2, -0.15) is 0 Å². The van der Waals surface area contributed by atoms with E-state index in [2.05, 4.69) is 16.6 Å². The van der Waals surface area contributed by atoms with Crippen molar-refractivity contribution in [1.82, 2.24) is 5.32 Å². The molecule has 0 bridgehead atoms. The number of hydrogen-bond acceptors (Lipinski definition) is 5. The van der Waals surface area contributed by atoms with Crippen LogP contribution in [-0.4, -0.2) is 31.6 Å². The molecule has 20 heavy (non-hydrogen) atoms. The molecular weight excluding hydrogens is 262 g/mol. The lowest BCUT2D eigenvalue weighted by molar-refractivity contribution is -0.139. The van der Waals surface area contributed by atoms with Crippen LogP contribution in [0.2, 0.25) is 0 Å². The molecule has 0 fully saturated rings. The molecule has 1 amide bonds. The highest BCUT2D eigenvalue weighted by Crippen LogP contribution is 2.17. The van der Waals surface area contributed by atoms with Crippen molar-refractivity contribution in [3.63, 3.8) is 0 Å². The molecule has 0 aromatic carbocycles. The number of allylic oxidation sites excluding steroid dienone is 1. The van der Waals surface area contributed by atoms with Crippen molar-refractivity contribution in [3.05, 3.63) is 36.1 Å². The van der Waals surface area contributed by atoms with Crippen LogP contribution in [0.15, 0.2) is 36.1 Å². The molecule has 1 heterocycles. The van der Waals surface area contributed by atoms with E-state index in [-0.39, 0.29) is 12.5 Å². The van der Waals surface area contributed by atoms with Crippen molar-refractivity contribution in [2.45, 2.75) is 19.3 Å². The smallest absolute Gasteiger partial charge is 0.331 e. The summed E-state index contributed by atoms with van der Waals surface area (Å²) < 4.78 is 9.24. The van der Waals surface area contributed by atoms with Crippen molar-refractivity contribution < 1.29 is 23.9 Å². The maximum Gasteiger partial charge on any atom is 0.331 e. The van der Waals surface area contributed by atoms with Gasteiger partial charge < -0.3 is 14.8 Å². The van der Waals surface area contributed by atoms with Crippen LogP contribution in [0.25, 0.3) is 0 Å². The van der Waals surface area contributed by atoms with Gasteiger partial charge >= 0.3 is 11.9 Å². The highest BCUT2D eigenvalue weighted by Gasteiger charge is 2.11. The number of methoxy groups -OCH3 is 1. The number of nitrogens with one attached hydrogen (secondary N) is 1. The van der Waals surface area contributed by atoms with Gasteiger partial charge in [0.25, 0.3) is 0 Å². The highest BCUT2D eigenvalue weighted by molar-refractivity contribution is 5.91. The normalized spacial score (nSPS) is 14.8. The van der Waals surface area contributed by atoms with Gasteiger partial charge in [-0.25, -0.2) is 9.59 Å². The Balaban J connectivity index is 2.23. The quantitative estimate of drug-likeness (QED) is 0.445. The predicted molar refractivity (Wildman–Crippen MR) is 71.3 cm³/mol. The Morgan fingerprint density at radius 3 is 2.75 bits per heavy atom. The summed E-state index contributed by atoms with van der Waals surface area (Å²) in [6, 6.07) is 0. The van der Waals surface area contributed by atoms with Crippen LogP contribution >= 0.6 is 0 Å². The second-order valence-corrected chi connectivity index (χ2v) is 4.20. The molecule has 0 spiro atoms. The number of hydrogen-bond donors (Lipinski definition) is 1. The van der Waals surface area contributed by atoms with Gasteiger partial charge in [0.05, 0.1) is 13.7 Å². The Morgan fingerprint density at radius 1 is 1.40 bits per heavy atom. The minimum atomic E-state index is -0.612. The lowest BCUT2D eigenvalue weighted by Crippen LogP contribution is -2.24. The summed E-state index contributed by atoms with van der Waals surface area (Å²) in [5, 5.41) is 2.60. The summed E-state index contributed by atoms with van der Waals surface area (Å²) in [4.78, 5) is 33.2. The van der Waals surface area contributed by atoms with Gasteiger partial charge in [0, 0.05) is 30.3 Å². The first kappa shape index (κ1) is 15.7. The summed E-state index contributed by atoms with van der Waals surface area (Å²) in [7, 11) is 1.22. The molecule has 0 saturated heterocycles. The summed E-state index contributed by atoms with van der Waals surface area (Å²) in [6.07, 6.45) is 5.43. The number of carbonyl (C=O) groups is 3. The van der Waals surface area contributed by atoms with Crippen LogP contribution in [0.1, 0.15) is 19.3 Å². The Morgan fingerprint density at radius 2 is 2.10 bits per heavy atom. The zero-order chi connectivity index (χ0) is 15.0. The van der Waals surface area contributed by atoms with Crippen molar-refractivity contribution in [1.29, 1.82) is 0 Å². The van der Waals surface area contributed by atoms with E-state index < -0.39 is 11.9 Å². The summed E-state index contributed by atoms with van der Waals surface area (Å²) in [5.41, 5.74) is 1.63. The average Bonchev–Trinajstić information content (AvgIpc) is 2.40. The van der Waals surface area contributed by atoms with Gasteiger partial charge in [-0.3, -0.25) is 4.79 Å². The van der Waals surface area contributed by atoms with Crippen molar-refractivity contribution in [3.8, 4) is 0 Å². The largest absolute Gasteiger partial charge is 0.466 e. The lowest BCUT2D eigenvalue weighted by Gasteiger charge is -2.15. The van der Waals surface area contributed by atoms with Gasteiger partial charge in [0.1, 0.15) is 0 Å². The molecule has 0 atom stereocenters. The van der Waals surface area contributed by atoms with E-state index in [0.717, 1.165) is 17.7 Å². The van der Waals surface area contributed by atoms with Gasteiger partial charge in [-0.05, 0) is 12.8 Å². The third-order valence-electron chi connectivity index (χ3n) is 2.52. The van der Waals surface area contributed by atoms with E-state index in [1.54, 1.807) is 0 Å². The first-order valence-electron chi connectivity index (χ1n) is 6.12. The Labute approximate surface area is 117 Å². The first-order chi connectivity index (χ1) is 9.51. The van der Waals surface area contributed by atoms with Crippen LogP contribution in [0, 0.1) is 0 Å². The Kier molecular flexibility index (Phi) is 6.22. The van der Waals surface area contributed by atoms with E-state index in [1.807, 2.05) is 0 Å². The second-order valence-electron chi connectivity index (χ2n) is 4.20. The van der Waals surface area contributed by atoms with Gasteiger partial charge in [-0.15, -0.1) is 0 Å². The predicted octanol–water partition coefficient (Wildman–Crippen LogP) is 0.999. The molecule has 1 aliphatic heterocycles. The Hall–Kier alpha value is -2.37. The van der Waals surface area contributed by atoms with Crippen LogP contribution in [0.4, 0.5) is 0 Å². The van der Waals surface area contributed by atoms with Crippen molar-refractivity contribution in [2.75, 3.05) is 13.7 Å². The monoisotopic (exact) mass is 279 g/mol. The number of esters is 2. The Bertz CT molecular complexity index is 476. The third-order valence-corrected chi connectivity index (χ3v) is 2.52. The molecule has 0 aromatic rings. The fraction of sp³-hybridized carbons (Fsp3) is 0.357. The fourth-order valence-corrected chi connectivity index (χ4v) is 1.65. The molecule has 0 unspecified atom stereocenters. The topological polar surface area (TPSA) is 81.7 Å². The molecule has 0 saturated carbocycles. The van der Waals surface area contributed by atoms with Gasteiger partial charge in [0.15, 0.2) is 0 Å². The second kappa shape index (κ2) is 7.93. The number of amides is 1. The van der Waals surface area contributed by atoms with Crippen molar-refractivity contribution in [2.24, 2.45) is 0 Å². The number of rotatable bonds is 6. The van der Waals surface area contributed by atoms with E-state index >= 15 is 0 Å². The summed E-state index contributed by atoms with van der Waals surface area (Å²) >= 11 is 0. The molecule has 6 nitrogen and oxygen atoms in total. The molecule has 108 valence electrons. The summed E-state index contributed by atoms with van der Waals surface area (Å²) in [5.74, 6) is -1.39. The molecule has 0 radical (unpaired) electrons. The number of ether oxygens (including phenoxy) is 2. The maximum absolute atomic E-state index is 11.2. The van der Waals surface area contributed by atoms with Crippen LogP contribution in [0.3, 0.4) is 0 Å². The molecule has 1 aliphatic rings. The zero-order valence-corrected chi connectivity index (χ0v) is 11.3. The molecule has 1 N–H and O–H groups in total. The van der Waals surface area contributed by atoms with Gasteiger partial charge in [-0.1, -0.05) is 12.2 Å².